The number of nitrogens with zero attached hydrogens (tertiary/aromatic N) is 1. The summed E-state index contributed by atoms with van der Waals surface area (Å²) in [5, 5.41) is 1.66. The van der Waals surface area contributed by atoms with Crippen LogP contribution in [0.15, 0.2) is 40.1 Å². The molecule has 7 heteroatoms. The third-order valence-electron chi connectivity index (χ3n) is 1.74. The number of halogens is 1. The number of sulfonamides is 1. The molecular weight excluding hydrogens is 251 g/mol. The van der Waals surface area contributed by atoms with Crippen LogP contribution in [0.4, 0.5) is 10.1 Å². The van der Waals surface area contributed by atoms with Gasteiger partial charge < -0.3 is 0 Å². The van der Waals surface area contributed by atoms with Gasteiger partial charge in [-0.15, -0.1) is 11.3 Å². The molecule has 2 aromatic heterocycles. The zero-order chi connectivity index (χ0) is 11.6. The molecule has 0 fully saturated rings. The molecule has 2 rings (SSSR count). The van der Waals surface area contributed by atoms with Crippen molar-refractivity contribution >= 4 is 27.0 Å². The van der Waals surface area contributed by atoms with Gasteiger partial charge in [0, 0.05) is 0 Å². The number of anilines is 1. The van der Waals surface area contributed by atoms with Crippen molar-refractivity contribution < 1.29 is 12.8 Å². The number of rotatable bonds is 3. The SMILES string of the molecule is O=S(=O)(Nc1ccc(F)nc1)c1cccs1. The van der Waals surface area contributed by atoms with Crippen LogP contribution in [-0.4, -0.2) is 13.4 Å². The van der Waals surface area contributed by atoms with Gasteiger partial charge in [-0.25, -0.2) is 13.4 Å². The molecule has 0 aliphatic rings. The summed E-state index contributed by atoms with van der Waals surface area (Å²) in [4.78, 5) is 3.35. The largest absolute Gasteiger partial charge is 0.277 e. The van der Waals surface area contributed by atoms with Gasteiger partial charge in [-0.1, -0.05) is 6.07 Å². The van der Waals surface area contributed by atoms with Gasteiger partial charge in [0.05, 0.1) is 11.9 Å². The first-order valence-corrected chi connectivity index (χ1v) is 6.62. The molecule has 0 aliphatic heterocycles. The second-order valence-electron chi connectivity index (χ2n) is 2.91. The van der Waals surface area contributed by atoms with Crippen LogP contribution in [-0.2, 0) is 10.0 Å². The fourth-order valence-corrected chi connectivity index (χ4v) is 3.09. The molecule has 0 bridgehead atoms. The maximum Gasteiger partial charge on any atom is 0.271 e. The minimum absolute atomic E-state index is 0.205. The van der Waals surface area contributed by atoms with E-state index in [1.165, 1.54) is 12.1 Å². The Morgan fingerprint density at radius 1 is 1.31 bits per heavy atom. The van der Waals surface area contributed by atoms with Gasteiger partial charge in [0.2, 0.25) is 5.95 Å². The van der Waals surface area contributed by atoms with Gasteiger partial charge >= 0.3 is 0 Å². The zero-order valence-electron chi connectivity index (χ0n) is 7.92. The van der Waals surface area contributed by atoms with Crippen LogP contribution >= 0.6 is 11.3 Å². The Morgan fingerprint density at radius 2 is 2.12 bits per heavy atom. The molecule has 0 aliphatic carbocycles. The predicted molar refractivity (Wildman–Crippen MR) is 59.3 cm³/mol. The van der Waals surface area contributed by atoms with Gasteiger partial charge in [0.15, 0.2) is 0 Å². The molecule has 0 atom stereocenters. The number of thiophene rings is 1. The van der Waals surface area contributed by atoms with Crippen LogP contribution in [0, 0.1) is 5.95 Å². The lowest BCUT2D eigenvalue weighted by Crippen LogP contribution is -2.11. The molecule has 84 valence electrons. The van der Waals surface area contributed by atoms with Crippen molar-refractivity contribution in [1.82, 2.24) is 4.98 Å². The molecule has 0 radical (unpaired) electrons. The summed E-state index contributed by atoms with van der Waals surface area (Å²) < 4.78 is 38.5. The molecule has 2 aromatic rings. The van der Waals surface area contributed by atoms with E-state index in [0.29, 0.717) is 0 Å². The van der Waals surface area contributed by atoms with Crippen molar-refractivity contribution in [3.05, 3.63) is 41.8 Å². The smallest absolute Gasteiger partial charge is 0.271 e. The van der Waals surface area contributed by atoms with Crippen molar-refractivity contribution in [1.29, 1.82) is 0 Å². The van der Waals surface area contributed by atoms with Crippen LogP contribution in [0.1, 0.15) is 0 Å². The lowest BCUT2D eigenvalue weighted by atomic mass is 10.4. The first-order chi connectivity index (χ1) is 7.58. The van der Waals surface area contributed by atoms with Crippen molar-refractivity contribution in [3.63, 3.8) is 0 Å². The average Bonchev–Trinajstić information content (AvgIpc) is 2.75. The summed E-state index contributed by atoms with van der Waals surface area (Å²) in [6, 6.07) is 5.53. The van der Waals surface area contributed by atoms with Gasteiger partial charge in [-0.05, 0) is 23.6 Å². The highest BCUT2D eigenvalue weighted by atomic mass is 32.2. The molecule has 0 aromatic carbocycles. The molecule has 1 N–H and O–H groups in total. The first kappa shape index (κ1) is 11.0. The number of pyridine rings is 1. The Morgan fingerprint density at radius 3 is 2.69 bits per heavy atom. The summed E-state index contributed by atoms with van der Waals surface area (Å²) in [5.41, 5.74) is 0.231. The van der Waals surface area contributed by atoms with E-state index in [0.717, 1.165) is 23.6 Å². The maximum absolute atomic E-state index is 12.5. The Hall–Kier alpha value is -1.47. The summed E-state index contributed by atoms with van der Waals surface area (Å²) >= 11 is 1.11. The third kappa shape index (κ3) is 2.37. The lowest BCUT2D eigenvalue weighted by molar-refractivity contribution is 0.583. The highest BCUT2D eigenvalue weighted by Crippen LogP contribution is 2.19. The van der Waals surface area contributed by atoms with Crippen molar-refractivity contribution in [3.8, 4) is 0 Å². The van der Waals surface area contributed by atoms with E-state index in [2.05, 4.69) is 9.71 Å². The topological polar surface area (TPSA) is 59.1 Å². The van der Waals surface area contributed by atoms with Crippen LogP contribution < -0.4 is 4.72 Å². The molecule has 0 spiro atoms. The normalized spacial score (nSPS) is 11.3. The lowest BCUT2D eigenvalue weighted by Gasteiger charge is -2.04. The maximum atomic E-state index is 12.5. The second kappa shape index (κ2) is 4.18. The Bertz CT molecular complexity index is 564. The summed E-state index contributed by atoms with van der Waals surface area (Å²) in [5.74, 6) is -0.654. The fraction of sp³-hybridized carbons (Fsp3) is 0. The fourth-order valence-electron chi connectivity index (χ4n) is 1.06. The second-order valence-corrected chi connectivity index (χ2v) is 5.76. The molecular formula is C9H7FN2O2S2. The zero-order valence-corrected chi connectivity index (χ0v) is 9.56. The van der Waals surface area contributed by atoms with E-state index in [1.54, 1.807) is 11.4 Å². The molecule has 0 amide bonds. The van der Waals surface area contributed by atoms with E-state index < -0.39 is 16.0 Å². The van der Waals surface area contributed by atoms with E-state index in [1.807, 2.05) is 0 Å². The number of hydrogen-bond acceptors (Lipinski definition) is 4. The van der Waals surface area contributed by atoms with Crippen LogP contribution in [0.25, 0.3) is 0 Å². The van der Waals surface area contributed by atoms with Crippen LogP contribution in [0.3, 0.4) is 0 Å². The van der Waals surface area contributed by atoms with Gasteiger partial charge in [0.25, 0.3) is 10.0 Å². The first-order valence-electron chi connectivity index (χ1n) is 4.26. The van der Waals surface area contributed by atoms with Gasteiger partial charge in [-0.2, -0.15) is 4.39 Å². The quantitative estimate of drug-likeness (QED) is 0.857. The van der Waals surface area contributed by atoms with Crippen LogP contribution in [0.2, 0.25) is 0 Å². The molecule has 0 saturated carbocycles. The molecule has 4 nitrogen and oxygen atoms in total. The average molecular weight is 258 g/mol. The van der Waals surface area contributed by atoms with Gasteiger partial charge in [0.1, 0.15) is 4.21 Å². The predicted octanol–water partition coefficient (Wildman–Crippen LogP) is 2.08. The number of nitrogens with one attached hydrogen (secondary N) is 1. The standard InChI is InChI=1S/C9H7FN2O2S2/c10-8-4-3-7(6-11-8)12-16(13,14)9-2-1-5-15-9/h1-6,12H. The Labute approximate surface area is 95.8 Å². The molecule has 0 unspecified atom stereocenters. The molecule has 16 heavy (non-hydrogen) atoms. The van der Waals surface area contributed by atoms with Crippen LogP contribution in [0.5, 0.6) is 0 Å². The Balaban J connectivity index is 2.25. The third-order valence-corrected chi connectivity index (χ3v) is 4.52. The van der Waals surface area contributed by atoms with E-state index in [-0.39, 0.29) is 9.90 Å². The summed E-state index contributed by atoms with van der Waals surface area (Å²) in [6.45, 7) is 0. The van der Waals surface area contributed by atoms with E-state index in [4.69, 9.17) is 0 Å². The van der Waals surface area contributed by atoms with Crippen molar-refractivity contribution in [2.75, 3.05) is 4.72 Å². The highest BCUT2D eigenvalue weighted by Gasteiger charge is 2.14. The minimum atomic E-state index is -3.58. The van der Waals surface area contributed by atoms with Crippen molar-refractivity contribution in [2.45, 2.75) is 4.21 Å². The van der Waals surface area contributed by atoms with Gasteiger partial charge in [-0.3, -0.25) is 4.72 Å². The Kier molecular flexibility index (Phi) is 2.88. The minimum Gasteiger partial charge on any atom is -0.277 e. The van der Waals surface area contributed by atoms with E-state index in [9.17, 15) is 12.8 Å². The number of aromatic nitrogens is 1. The monoisotopic (exact) mass is 258 g/mol. The summed E-state index contributed by atoms with van der Waals surface area (Å²) in [7, 11) is -3.58. The number of hydrogen-bond donors (Lipinski definition) is 1. The van der Waals surface area contributed by atoms with Crippen molar-refractivity contribution in [2.24, 2.45) is 0 Å². The molecule has 2 heterocycles. The van der Waals surface area contributed by atoms with E-state index >= 15 is 0 Å². The highest BCUT2D eigenvalue weighted by molar-refractivity contribution is 7.94. The summed E-state index contributed by atoms with van der Waals surface area (Å²) in [6.07, 6.45) is 1.13. The molecule has 0 saturated heterocycles.